The molecule has 108 valence electrons. The summed E-state index contributed by atoms with van der Waals surface area (Å²) in [5, 5.41) is 0. The Labute approximate surface area is 112 Å². The minimum Gasteiger partial charge on any atom is -0.324 e. The van der Waals surface area contributed by atoms with Crippen LogP contribution in [0.25, 0.3) is 0 Å². The van der Waals surface area contributed by atoms with Crippen LogP contribution in [0.1, 0.15) is 71.6 Å². The zero-order chi connectivity index (χ0) is 13.4. The van der Waals surface area contributed by atoms with Gasteiger partial charge in [0.1, 0.15) is 0 Å². The Balaban J connectivity index is 2.36. The van der Waals surface area contributed by atoms with Crippen LogP contribution in [-0.4, -0.2) is 17.2 Å². The van der Waals surface area contributed by atoms with Crippen molar-refractivity contribution in [2.45, 2.75) is 77.3 Å². The molecule has 0 amide bonds. The summed E-state index contributed by atoms with van der Waals surface area (Å²) < 4.78 is 17.6. The second-order valence-electron chi connectivity index (χ2n) is 5.57. The molecule has 0 aliphatic heterocycles. The van der Waals surface area contributed by atoms with E-state index >= 15 is 0 Å². The van der Waals surface area contributed by atoms with Crippen LogP contribution in [0.4, 0.5) is 0 Å². The van der Waals surface area contributed by atoms with Crippen molar-refractivity contribution < 1.29 is 14.0 Å². The molecule has 0 aromatic carbocycles. The lowest BCUT2D eigenvalue weighted by atomic mass is 10.0. The van der Waals surface area contributed by atoms with Gasteiger partial charge >= 0.3 is 7.60 Å². The van der Waals surface area contributed by atoms with Gasteiger partial charge < -0.3 is 9.42 Å². The number of hydrogen-bond donors (Lipinski definition) is 1. The maximum atomic E-state index is 12.2. The molecule has 3 nitrogen and oxygen atoms in total. The first-order chi connectivity index (χ1) is 8.60. The molecule has 0 aromatic heterocycles. The Kier molecular flexibility index (Phi) is 7.51. The maximum absolute atomic E-state index is 12.2. The fraction of sp³-hybridized carbons (Fsp3) is 1.00. The van der Waals surface area contributed by atoms with Gasteiger partial charge in [0.2, 0.25) is 0 Å². The highest BCUT2D eigenvalue weighted by Gasteiger charge is 2.33. The van der Waals surface area contributed by atoms with E-state index in [9.17, 15) is 9.46 Å². The summed E-state index contributed by atoms with van der Waals surface area (Å²) in [6.07, 6.45) is 9.57. The van der Waals surface area contributed by atoms with Gasteiger partial charge in [-0.3, -0.25) is 4.57 Å². The van der Waals surface area contributed by atoms with E-state index < -0.39 is 7.60 Å². The number of hydrogen-bond acceptors (Lipinski definition) is 2. The molecule has 1 saturated carbocycles. The van der Waals surface area contributed by atoms with Gasteiger partial charge in [-0.15, -0.1) is 0 Å². The van der Waals surface area contributed by atoms with Crippen molar-refractivity contribution in [3.8, 4) is 0 Å². The summed E-state index contributed by atoms with van der Waals surface area (Å²) in [7, 11) is -3.37. The van der Waals surface area contributed by atoms with E-state index in [2.05, 4.69) is 13.8 Å². The van der Waals surface area contributed by atoms with Crippen LogP contribution in [-0.2, 0) is 9.09 Å². The molecule has 2 unspecified atom stereocenters. The van der Waals surface area contributed by atoms with Gasteiger partial charge in [-0.05, 0) is 25.2 Å². The highest BCUT2D eigenvalue weighted by atomic mass is 31.2. The van der Waals surface area contributed by atoms with Crippen molar-refractivity contribution in [1.82, 2.24) is 0 Å². The minimum absolute atomic E-state index is 0.102. The molecule has 0 heterocycles. The average molecular weight is 276 g/mol. The van der Waals surface area contributed by atoms with Crippen LogP contribution in [0.3, 0.4) is 0 Å². The molecule has 1 aliphatic carbocycles. The summed E-state index contributed by atoms with van der Waals surface area (Å²) in [6, 6.07) is 0. The zero-order valence-corrected chi connectivity index (χ0v) is 12.8. The van der Waals surface area contributed by atoms with Gasteiger partial charge in [-0.25, -0.2) is 0 Å². The summed E-state index contributed by atoms with van der Waals surface area (Å²) in [6.45, 7) is 4.76. The standard InChI is InChI=1S/C14H29O3P/c1-3-5-9-13(4-2)12-17-18(15,16)14-10-7-6-8-11-14/h13-14H,3-12H2,1-2H3,(H,15,16). The van der Waals surface area contributed by atoms with Crippen LogP contribution in [0.5, 0.6) is 0 Å². The van der Waals surface area contributed by atoms with Gasteiger partial charge in [0.25, 0.3) is 0 Å². The molecule has 2 atom stereocenters. The molecule has 18 heavy (non-hydrogen) atoms. The molecule has 0 bridgehead atoms. The van der Waals surface area contributed by atoms with E-state index in [4.69, 9.17) is 4.52 Å². The van der Waals surface area contributed by atoms with Crippen LogP contribution in [0, 0.1) is 5.92 Å². The molecule has 1 rings (SSSR count). The summed E-state index contributed by atoms with van der Waals surface area (Å²) in [4.78, 5) is 10.0. The molecular weight excluding hydrogens is 247 g/mol. The SMILES string of the molecule is CCCCC(CC)COP(=O)(O)C1CCCCC1. The van der Waals surface area contributed by atoms with Crippen LogP contribution < -0.4 is 0 Å². The first-order valence-corrected chi connectivity index (χ1v) is 9.21. The van der Waals surface area contributed by atoms with Crippen LogP contribution >= 0.6 is 7.60 Å². The maximum Gasteiger partial charge on any atom is 0.331 e. The van der Waals surface area contributed by atoms with Crippen LogP contribution in [0.15, 0.2) is 0 Å². The normalized spacial score (nSPS) is 22.6. The fourth-order valence-electron chi connectivity index (χ4n) is 2.62. The lowest BCUT2D eigenvalue weighted by molar-refractivity contribution is 0.194. The molecule has 1 aliphatic rings. The lowest BCUT2D eigenvalue weighted by Gasteiger charge is -2.27. The smallest absolute Gasteiger partial charge is 0.324 e. The highest BCUT2D eigenvalue weighted by Crippen LogP contribution is 2.53. The third-order valence-corrected chi connectivity index (χ3v) is 6.03. The second-order valence-corrected chi connectivity index (χ2v) is 7.68. The lowest BCUT2D eigenvalue weighted by Crippen LogP contribution is -2.17. The Morgan fingerprint density at radius 2 is 1.94 bits per heavy atom. The van der Waals surface area contributed by atoms with Gasteiger partial charge in [-0.1, -0.05) is 52.4 Å². The van der Waals surface area contributed by atoms with E-state index in [-0.39, 0.29) is 5.66 Å². The Bertz CT molecular complexity index is 262. The Hall–Kier alpha value is 0.150. The zero-order valence-electron chi connectivity index (χ0n) is 11.9. The monoisotopic (exact) mass is 276 g/mol. The first kappa shape index (κ1) is 16.2. The molecule has 0 aromatic rings. The molecule has 1 N–H and O–H groups in total. The van der Waals surface area contributed by atoms with Crippen molar-refractivity contribution in [2.24, 2.45) is 5.92 Å². The average Bonchev–Trinajstić information content (AvgIpc) is 2.40. The van der Waals surface area contributed by atoms with Crippen molar-refractivity contribution in [3.63, 3.8) is 0 Å². The van der Waals surface area contributed by atoms with E-state index in [0.717, 1.165) is 38.5 Å². The van der Waals surface area contributed by atoms with E-state index in [1.807, 2.05) is 0 Å². The summed E-state index contributed by atoms with van der Waals surface area (Å²) >= 11 is 0. The van der Waals surface area contributed by atoms with E-state index in [1.54, 1.807) is 0 Å². The van der Waals surface area contributed by atoms with Crippen molar-refractivity contribution in [1.29, 1.82) is 0 Å². The van der Waals surface area contributed by atoms with Crippen LogP contribution in [0.2, 0.25) is 0 Å². The molecular formula is C14H29O3P. The Morgan fingerprint density at radius 1 is 1.28 bits per heavy atom. The Morgan fingerprint density at radius 3 is 2.50 bits per heavy atom. The van der Waals surface area contributed by atoms with E-state index in [1.165, 1.54) is 19.3 Å². The minimum atomic E-state index is -3.37. The second kappa shape index (κ2) is 8.35. The molecule has 1 fully saturated rings. The third kappa shape index (κ3) is 5.42. The summed E-state index contributed by atoms with van der Waals surface area (Å²) in [5.41, 5.74) is -0.102. The summed E-state index contributed by atoms with van der Waals surface area (Å²) in [5.74, 6) is 0.439. The van der Waals surface area contributed by atoms with Gasteiger partial charge in [0, 0.05) is 0 Å². The third-order valence-electron chi connectivity index (χ3n) is 4.07. The predicted octanol–water partition coefficient (Wildman–Crippen LogP) is 4.74. The highest BCUT2D eigenvalue weighted by molar-refractivity contribution is 7.53. The predicted molar refractivity (Wildman–Crippen MR) is 76.0 cm³/mol. The topological polar surface area (TPSA) is 46.5 Å². The molecule has 4 heteroatoms. The van der Waals surface area contributed by atoms with Gasteiger partial charge in [-0.2, -0.15) is 0 Å². The quantitative estimate of drug-likeness (QED) is 0.651. The van der Waals surface area contributed by atoms with Crippen molar-refractivity contribution in [3.05, 3.63) is 0 Å². The fourth-order valence-corrected chi connectivity index (χ4v) is 4.28. The largest absolute Gasteiger partial charge is 0.331 e. The molecule has 0 saturated heterocycles. The number of rotatable bonds is 8. The molecule has 0 spiro atoms. The van der Waals surface area contributed by atoms with Gasteiger partial charge in [0.05, 0.1) is 12.3 Å². The van der Waals surface area contributed by atoms with Gasteiger partial charge in [0.15, 0.2) is 0 Å². The van der Waals surface area contributed by atoms with Crippen molar-refractivity contribution >= 4 is 7.60 Å². The number of unbranched alkanes of at least 4 members (excludes halogenated alkanes) is 1. The molecule has 0 radical (unpaired) electrons. The first-order valence-electron chi connectivity index (χ1n) is 7.57. The van der Waals surface area contributed by atoms with E-state index in [0.29, 0.717) is 12.5 Å². The van der Waals surface area contributed by atoms with Crippen molar-refractivity contribution in [2.75, 3.05) is 6.61 Å².